The van der Waals surface area contributed by atoms with Crippen molar-refractivity contribution in [2.24, 2.45) is 0 Å². The van der Waals surface area contributed by atoms with Gasteiger partial charge in [-0.1, -0.05) is 30.3 Å². The topological polar surface area (TPSA) is 86.0 Å². The van der Waals surface area contributed by atoms with Crippen molar-refractivity contribution in [2.45, 2.75) is 6.10 Å². The highest BCUT2D eigenvalue weighted by molar-refractivity contribution is 5.87. The van der Waals surface area contributed by atoms with Crippen LogP contribution in [0.15, 0.2) is 57.7 Å². The van der Waals surface area contributed by atoms with Crippen LogP contribution in [0.2, 0.25) is 0 Å². The lowest BCUT2D eigenvalue weighted by atomic mass is 10.1. The second-order valence-corrected chi connectivity index (χ2v) is 5.37. The SMILES string of the molecule is O=C(O)C1COc2c(ccc3c(=O)cc(-c4ccccc4)oc23)O1. The molecule has 0 aliphatic carbocycles. The van der Waals surface area contributed by atoms with Crippen LogP contribution in [0.4, 0.5) is 0 Å². The summed E-state index contributed by atoms with van der Waals surface area (Å²) in [6.45, 7) is -0.152. The molecule has 2 heterocycles. The fourth-order valence-electron chi connectivity index (χ4n) is 2.62. The van der Waals surface area contributed by atoms with Crippen molar-refractivity contribution in [3.63, 3.8) is 0 Å². The highest BCUT2D eigenvalue weighted by atomic mass is 16.6. The highest BCUT2D eigenvalue weighted by Crippen LogP contribution is 2.39. The summed E-state index contributed by atoms with van der Waals surface area (Å²) in [5, 5.41) is 9.39. The summed E-state index contributed by atoms with van der Waals surface area (Å²) >= 11 is 0. The van der Waals surface area contributed by atoms with Crippen molar-refractivity contribution in [1.82, 2.24) is 0 Å². The van der Waals surface area contributed by atoms with E-state index in [1.54, 1.807) is 6.07 Å². The van der Waals surface area contributed by atoms with Gasteiger partial charge in [-0.05, 0) is 12.1 Å². The summed E-state index contributed by atoms with van der Waals surface area (Å²) in [4.78, 5) is 23.4. The van der Waals surface area contributed by atoms with Crippen molar-refractivity contribution in [2.75, 3.05) is 6.61 Å². The number of carboxylic acids is 1. The molecule has 6 nitrogen and oxygen atoms in total. The molecular weight excluding hydrogens is 312 g/mol. The zero-order valence-corrected chi connectivity index (χ0v) is 12.4. The molecule has 2 aromatic carbocycles. The van der Waals surface area contributed by atoms with E-state index in [0.717, 1.165) is 5.56 Å². The van der Waals surface area contributed by atoms with Crippen LogP contribution in [0.25, 0.3) is 22.3 Å². The van der Waals surface area contributed by atoms with Crippen LogP contribution in [0, 0.1) is 0 Å². The molecule has 1 aromatic heterocycles. The van der Waals surface area contributed by atoms with Crippen molar-refractivity contribution in [3.05, 3.63) is 58.8 Å². The summed E-state index contributed by atoms with van der Waals surface area (Å²) in [6, 6.07) is 13.7. The van der Waals surface area contributed by atoms with E-state index in [0.29, 0.717) is 11.1 Å². The molecule has 0 bridgehead atoms. The van der Waals surface area contributed by atoms with E-state index in [9.17, 15) is 9.59 Å². The molecule has 4 rings (SSSR count). The average Bonchev–Trinajstić information content (AvgIpc) is 2.61. The van der Waals surface area contributed by atoms with Gasteiger partial charge in [0.15, 0.2) is 16.8 Å². The molecule has 120 valence electrons. The lowest BCUT2D eigenvalue weighted by Gasteiger charge is -2.24. The van der Waals surface area contributed by atoms with Crippen LogP contribution in [0.5, 0.6) is 11.5 Å². The maximum Gasteiger partial charge on any atom is 0.348 e. The third kappa shape index (κ3) is 2.28. The van der Waals surface area contributed by atoms with Gasteiger partial charge in [0.25, 0.3) is 0 Å². The molecule has 1 aliphatic heterocycles. The Balaban J connectivity index is 1.91. The maximum absolute atomic E-state index is 12.4. The Labute approximate surface area is 135 Å². The van der Waals surface area contributed by atoms with Crippen LogP contribution in [-0.4, -0.2) is 23.8 Å². The van der Waals surface area contributed by atoms with Gasteiger partial charge in [-0.15, -0.1) is 0 Å². The zero-order chi connectivity index (χ0) is 16.7. The first-order chi connectivity index (χ1) is 11.6. The van der Waals surface area contributed by atoms with E-state index in [1.807, 2.05) is 30.3 Å². The molecule has 1 unspecified atom stereocenters. The van der Waals surface area contributed by atoms with E-state index in [4.69, 9.17) is 19.0 Å². The number of hydrogen-bond donors (Lipinski definition) is 1. The Morgan fingerprint density at radius 2 is 1.92 bits per heavy atom. The highest BCUT2D eigenvalue weighted by Gasteiger charge is 2.29. The third-order valence-corrected chi connectivity index (χ3v) is 3.80. The smallest absolute Gasteiger partial charge is 0.348 e. The van der Waals surface area contributed by atoms with E-state index < -0.39 is 12.1 Å². The lowest BCUT2D eigenvalue weighted by molar-refractivity contribution is -0.147. The number of carboxylic acid groups (broad SMARTS) is 1. The van der Waals surface area contributed by atoms with Gasteiger partial charge < -0.3 is 19.0 Å². The van der Waals surface area contributed by atoms with Gasteiger partial charge in [0.05, 0.1) is 5.39 Å². The van der Waals surface area contributed by atoms with Gasteiger partial charge in [0, 0.05) is 11.6 Å². The van der Waals surface area contributed by atoms with Crippen molar-refractivity contribution in [1.29, 1.82) is 0 Å². The van der Waals surface area contributed by atoms with Crippen molar-refractivity contribution >= 4 is 16.9 Å². The van der Waals surface area contributed by atoms with Crippen LogP contribution in [-0.2, 0) is 4.79 Å². The summed E-state index contributed by atoms with van der Waals surface area (Å²) in [7, 11) is 0. The quantitative estimate of drug-likeness (QED) is 0.780. The van der Waals surface area contributed by atoms with Gasteiger partial charge in [0.2, 0.25) is 11.9 Å². The Bertz CT molecular complexity index is 990. The normalized spacial score (nSPS) is 16.1. The molecule has 0 saturated carbocycles. The van der Waals surface area contributed by atoms with Crippen LogP contribution in [0.1, 0.15) is 0 Å². The molecule has 6 heteroatoms. The largest absolute Gasteiger partial charge is 0.482 e. The van der Waals surface area contributed by atoms with E-state index >= 15 is 0 Å². The molecule has 3 aromatic rings. The average molecular weight is 324 g/mol. The number of hydrogen-bond acceptors (Lipinski definition) is 5. The summed E-state index contributed by atoms with van der Waals surface area (Å²) in [5.41, 5.74) is 0.804. The van der Waals surface area contributed by atoms with Crippen LogP contribution >= 0.6 is 0 Å². The number of aliphatic carboxylic acids is 1. The fraction of sp³-hybridized carbons (Fsp3) is 0.111. The van der Waals surface area contributed by atoms with Gasteiger partial charge in [-0.25, -0.2) is 4.79 Å². The fourth-order valence-corrected chi connectivity index (χ4v) is 2.62. The second kappa shape index (κ2) is 5.42. The molecule has 1 N–H and O–H groups in total. The number of fused-ring (bicyclic) bond motifs is 3. The molecular formula is C18H12O6. The first-order valence-corrected chi connectivity index (χ1v) is 7.32. The molecule has 0 fully saturated rings. The number of benzene rings is 2. The molecule has 1 atom stereocenters. The summed E-state index contributed by atoms with van der Waals surface area (Å²) < 4.78 is 16.8. The Morgan fingerprint density at radius 3 is 2.67 bits per heavy atom. The minimum Gasteiger partial charge on any atom is -0.482 e. The minimum atomic E-state index is -1.11. The third-order valence-electron chi connectivity index (χ3n) is 3.80. The molecule has 0 spiro atoms. The van der Waals surface area contributed by atoms with Gasteiger partial charge >= 0.3 is 5.97 Å². The van der Waals surface area contributed by atoms with Crippen LogP contribution in [0.3, 0.4) is 0 Å². The minimum absolute atomic E-state index is 0.152. The molecule has 0 saturated heterocycles. The first kappa shape index (κ1) is 14.3. The maximum atomic E-state index is 12.4. The molecule has 1 aliphatic rings. The zero-order valence-electron chi connectivity index (χ0n) is 12.4. The van der Waals surface area contributed by atoms with Gasteiger partial charge in [0.1, 0.15) is 12.4 Å². The standard InChI is InChI=1S/C18H12O6/c19-12-8-14(10-4-2-1-3-5-10)24-16-11(12)6-7-13-17(16)22-9-15(23-13)18(20)21/h1-8,15H,9H2,(H,20,21). The number of rotatable bonds is 2. The second-order valence-electron chi connectivity index (χ2n) is 5.37. The van der Waals surface area contributed by atoms with E-state index in [2.05, 4.69) is 0 Å². The van der Waals surface area contributed by atoms with Crippen LogP contribution < -0.4 is 14.9 Å². The predicted octanol–water partition coefficient (Wildman–Crippen LogP) is 2.68. The van der Waals surface area contributed by atoms with Gasteiger partial charge in [-0.3, -0.25) is 4.79 Å². The molecule has 0 radical (unpaired) electrons. The Morgan fingerprint density at radius 1 is 1.12 bits per heavy atom. The van der Waals surface area contributed by atoms with Crippen molar-refractivity contribution in [3.8, 4) is 22.8 Å². The number of carbonyl (C=O) groups is 1. The molecule has 0 amide bonds. The Kier molecular flexibility index (Phi) is 3.23. The van der Waals surface area contributed by atoms with Crippen molar-refractivity contribution < 1.29 is 23.8 Å². The predicted molar refractivity (Wildman–Crippen MR) is 85.5 cm³/mol. The van der Waals surface area contributed by atoms with Gasteiger partial charge in [-0.2, -0.15) is 0 Å². The monoisotopic (exact) mass is 324 g/mol. The summed E-state index contributed by atoms with van der Waals surface area (Å²) in [5.74, 6) is -0.208. The number of ether oxygens (including phenoxy) is 2. The van der Waals surface area contributed by atoms with E-state index in [-0.39, 0.29) is 29.1 Å². The molecule has 24 heavy (non-hydrogen) atoms. The first-order valence-electron chi connectivity index (χ1n) is 7.32. The summed E-state index contributed by atoms with van der Waals surface area (Å²) in [6.07, 6.45) is -1.08. The lowest BCUT2D eigenvalue weighted by Crippen LogP contribution is -2.36. The van der Waals surface area contributed by atoms with E-state index in [1.165, 1.54) is 12.1 Å². The Hall–Kier alpha value is -3.28.